The molecule has 3 rings (SSSR count). The standard InChI is InChI=1S/C19H22N2O4S/c22-19(20-14-16-6-2-1-3-7-16)15-25-17-8-10-18(11-9-17)26(23,24)21-12-4-5-13-21/h1-3,6-11H,4-5,12-15H2,(H,20,22). The number of nitrogens with zero attached hydrogens (tertiary/aromatic N) is 1. The van der Waals surface area contributed by atoms with Crippen molar-refractivity contribution in [1.29, 1.82) is 0 Å². The second-order valence-corrected chi connectivity index (χ2v) is 8.07. The van der Waals surface area contributed by atoms with Gasteiger partial charge in [0.05, 0.1) is 4.90 Å². The minimum absolute atomic E-state index is 0.120. The number of benzene rings is 2. The summed E-state index contributed by atoms with van der Waals surface area (Å²) in [7, 11) is -3.43. The van der Waals surface area contributed by atoms with Gasteiger partial charge < -0.3 is 10.1 Å². The fraction of sp³-hybridized carbons (Fsp3) is 0.316. The molecule has 0 bridgehead atoms. The molecule has 6 nitrogen and oxygen atoms in total. The first-order valence-corrected chi connectivity index (χ1v) is 10.0. The van der Waals surface area contributed by atoms with Gasteiger partial charge in [0.15, 0.2) is 6.61 Å². The van der Waals surface area contributed by atoms with Crippen molar-refractivity contribution in [1.82, 2.24) is 9.62 Å². The van der Waals surface area contributed by atoms with Gasteiger partial charge in [-0.3, -0.25) is 4.79 Å². The van der Waals surface area contributed by atoms with Crippen LogP contribution >= 0.6 is 0 Å². The lowest BCUT2D eigenvalue weighted by Gasteiger charge is -2.15. The number of carbonyl (C=O) groups excluding carboxylic acids is 1. The summed E-state index contributed by atoms with van der Waals surface area (Å²) in [4.78, 5) is 12.1. The van der Waals surface area contributed by atoms with E-state index >= 15 is 0 Å². The van der Waals surface area contributed by atoms with Gasteiger partial charge in [0, 0.05) is 19.6 Å². The third-order valence-electron chi connectivity index (χ3n) is 4.23. The zero-order valence-electron chi connectivity index (χ0n) is 14.4. The average molecular weight is 374 g/mol. The Bertz CT molecular complexity index is 830. The van der Waals surface area contributed by atoms with E-state index in [1.165, 1.54) is 16.4 Å². The lowest BCUT2D eigenvalue weighted by molar-refractivity contribution is -0.123. The summed E-state index contributed by atoms with van der Waals surface area (Å²) < 4.78 is 31.8. The van der Waals surface area contributed by atoms with Crippen molar-refractivity contribution in [3.8, 4) is 5.75 Å². The molecule has 2 aromatic carbocycles. The Morgan fingerprint density at radius 1 is 1.00 bits per heavy atom. The Morgan fingerprint density at radius 2 is 1.65 bits per heavy atom. The van der Waals surface area contributed by atoms with E-state index < -0.39 is 10.0 Å². The number of sulfonamides is 1. The van der Waals surface area contributed by atoms with Crippen LogP contribution in [0.25, 0.3) is 0 Å². The van der Waals surface area contributed by atoms with Crippen LogP contribution in [0.4, 0.5) is 0 Å². The molecule has 1 heterocycles. The molecule has 138 valence electrons. The minimum Gasteiger partial charge on any atom is -0.484 e. The van der Waals surface area contributed by atoms with Crippen LogP contribution in [0, 0.1) is 0 Å². The lowest BCUT2D eigenvalue weighted by Crippen LogP contribution is -2.28. The van der Waals surface area contributed by atoms with Crippen molar-refractivity contribution in [2.75, 3.05) is 19.7 Å². The fourth-order valence-corrected chi connectivity index (χ4v) is 4.30. The maximum absolute atomic E-state index is 12.5. The Kier molecular flexibility index (Phi) is 5.90. The summed E-state index contributed by atoms with van der Waals surface area (Å²) in [5, 5.41) is 2.78. The first kappa shape index (κ1) is 18.4. The first-order chi connectivity index (χ1) is 12.6. The molecule has 1 amide bonds. The Morgan fingerprint density at radius 3 is 2.31 bits per heavy atom. The van der Waals surface area contributed by atoms with Crippen LogP contribution in [0.1, 0.15) is 18.4 Å². The van der Waals surface area contributed by atoms with E-state index in [0.717, 1.165) is 18.4 Å². The molecule has 1 aliphatic heterocycles. The van der Waals surface area contributed by atoms with E-state index in [-0.39, 0.29) is 17.4 Å². The van der Waals surface area contributed by atoms with Gasteiger partial charge in [0.2, 0.25) is 10.0 Å². The quantitative estimate of drug-likeness (QED) is 0.806. The number of hydrogen-bond acceptors (Lipinski definition) is 4. The zero-order chi connectivity index (χ0) is 18.4. The number of nitrogens with one attached hydrogen (secondary N) is 1. The summed E-state index contributed by atoms with van der Waals surface area (Å²) in [6, 6.07) is 15.8. The Hall–Kier alpha value is -2.38. The maximum Gasteiger partial charge on any atom is 0.258 e. The number of carbonyl (C=O) groups is 1. The molecule has 0 unspecified atom stereocenters. The van der Waals surface area contributed by atoms with Crippen molar-refractivity contribution in [3.05, 3.63) is 60.2 Å². The summed E-state index contributed by atoms with van der Waals surface area (Å²) >= 11 is 0. The predicted molar refractivity (Wildman–Crippen MR) is 98.2 cm³/mol. The SMILES string of the molecule is O=C(COc1ccc(S(=O)(=O)N2CCCC2)cc1)NCc1ccccc1. The highest BCUT2D eigenvalue weighted by Gasteiger charge is 2.26. The maximum atomic E-state index is 12.5. The topological polar surface area (TPSA) is 75.7 Å². The van der Waals surface area contributed by atoms with Crippen LogP contribution in [0.3, 0.4) is 0 Å². The van der Waals surface area contributed by atoms with Crippen molar-refractivity contribution in [3.63, 3.8) is 0 Å². The third kappa shape index (κ3) is 4.62. The third-order valence-corrected chi connectivity index (χ3v) is 6.14. The molecule has 26 heavy (non-hydrogen) atoms. The molecule has 7 heteroatoms. The largest absolute Gasteiger partial charge is 0.484 e. The Labute approximate surface area is 153 Å². The van der Waals surface area contributed by atoms with Crippen LogP contribution in [0.5, 0.6) is 5.75 Å². The molecular weight excluding hydrogens is 352 g/mol. The highest BCUT2D eigenvalue weighted by atomic mass is 32.2. The average Bonchev–Trinajstić information content (AvgIpc) is 3.21. The van der Waals surface area contributed by atoms with E-state index in [1.807, 2.05) is 30.3 Å². The predicted octanol–water partition coefficient (Wildman–Crippen LogP) is 2.17. The van der Waals surface area contributed by atoms with Crippen molar-refractivity contribution < 1.29 is 17.9 Å². The van der Waals surface area contributed by atoms with Crippen LogP contribution in [-0.4, -0.2) is 38.3 Å². The second kappa shape index (κ2) is 8.33. The molecule has 0 saturated carbocycles. The van der Waals surface area contributed by atoms with Crippen LogP contribution in [0.2, 0.25) is 0 Å². The molecule has 0 atom stereocenters. The number of amides is 1. The molecule has 0 aromatic heterocycles. The monoisotopic (exact) mass is 374 g/mol. The van der Waals surface area contributed by atoms with Gasteiger partial charge in [-0.1, -0.05) is 30.3 Å². The van der Waals surface area contributed by atoms with Crippen LogP contribution in [0.15, 0.2) is 59.5 Å². The van der Waals surface area contributed by atoms with E-state index in [1.54, 1.807) is 12.1 Å². The molecule has 2 aromatic rings. The molecule has 1 N–H and O–H groups in total. The van der Waals surface area contributed by atoms with Crippen LogP contribution < -0.4 is 10.1 Å². The molecule has 1 saturated heterocycles. The van der Waals surface area contributed by atoms with E-state index in [9.17, 15) is 13.2 Å². The van der Waals surface area contributed by atoms with Crippen molar-refractivity contribution in [2.24, 2.45) is 0 Å². The van der Waals surface area contributed by atoms with Gasteiger partial charge in [-0.05, 0) is 42.7 Å². The van der Waals surface area contributed by atoms with Gasteiger partial charge in [0.1, 0.15) is 5.75 Å². The van der Waals surface area contributed by atoms with Gasteiger partial charge in [-0.25, -0.2) is 8.42 Å². The minimum atomic E-state index is -3.43. The first-order valence-electron chi connectivity index (χ1n) is 8.59. The highest BCUT2D eigenvalue weighted by Crippen LogP contribution is 2.22. The van der Waals surface area contributed by atoms with Gasteiger partial charge in [0.25, 0.3) is 5.91 Å². The van der Waals surface area contributed by atoms with Crippen LogP contribution in [-0.2, 0) is 21.4 Å². The molecular formula is C19H22N2O4S. The van der Waals surface area contributed by atoms with E-state index in [4.69, 9.17) is 4.74 Å². The smallest absolute Gasteiger partial charge is 0.258 e. The lowest BCUT2D eigenvalue weighted by atomic mass is 10.2. The highest BCUT2D eigenvalue weighted by molar-refractivity contribution is 7.89. The molecule has 1 aliphatic rings. The van der Waals surface area contributed by atoms with E-state index in [0.29, 0.717) is 25.4 Å². The second-order valence-electron chi connectivity index (χ2n) is 6.13. The van der Waals surface area contributed by atoms with Gasteiger partial charge in [-0.2, -0.15) is 4.31 Å². The zero-order valence-corrected chi connectivity index (χ0v) is 15.2. The number of rotatable bonds is 7. The summed E-state index contributed by atoms with van der Waals surface area (Å²) in [5.74, 6) is 0.225. The van der Waals surface area contributed by atoms with E-state index in [2.05, 4.69) is 5.32 Å². The Balaban J connectivity index is 1.50. The van der Waals surface area contributed by atoms with Crippen molar-refractivity contribution in [2.45, 2.75) is 24.3 Å². The number of hydrogen-bond donors (Lipinski definition) is 1. The van der Waals surface area contributed by atoms with Gasteiger partial charge in [-0.15, -0.1) is 0 Å². The normalized spacial score (nSPS) is 14.9. The number of ether oxygens (including phenoxy) is 1. The fourth-order valence-electron chi connectivity index (χ4n) is 2.78. The molecule has 0 aliphatic carbocycles. The summed E-state index contributed by atoms with van der Waals surface area (Å²) in [6.07, 6.45) is 1.80. The molecule has 0 spiro atoms. The summed E-state index contributed by atoms with van der Waals surface area (Å²) in [5.41, 5.74) is 1.01. The molecule has 1 fully saturated rings. The molecule has 0 radical (unpaired) electrons. The van der Waals surface area contributed by atoms with Gasteiger partial charge >= 0.3 is 0 Å². The summed E-state index contributed by atoms with van der Waals surface area (Å²) in [6.45, 7) is 1.46. The van der Waals surface area contributed by atoms with Crippen molar-refractivity contribution >= 4 is 15.9 Å².